The van der Waals surface area contributed by atoms with Crippen LogP contribution in [0.25, 0.3) is 0 Å². The van der Waals surface area contributed by atoms with E-state index in [2.05, 4.69) is 29.9 Å². The van der Waals surface area contributed by atoms with Gasteiger partial charge in [-0.05, 0) is 55.9 Å². The molecule has 0 saturated heterocycles. The van der Waals surface area contributed by atoms with Crippen LogP contribution >= 0.6 is 11.8 Å². The maximum atomic E-state index is 8.22. The minimum Gasteiger partial charge on any atom is -0.412 e. The van der Waals surface area contributed by atoms with Crippen LogP contribution in [0.3, 0.4) is 0 Å². The van der Waals surface area contributed by atoms with Gasteiger partial charge in [-0.1, -0.05) is 27.2 Å². The van der Waals surface area contributed by atoms with Crippen molar-refractivity contribution in [2.24, 2.45) is 16.5 Å². The van der Waals surface area contributed by atoms with Crippen molar-refractivity contribution < 1.29 is 23.7 Å². The van der Waals surface area contributed by atoms with E-state index in [1.807, 2.05) is 41.5 Å². The van der Waals surface area contributed by atoms with Crippen LogP contribution in [0.5, 0.6) is 0 Å². The Morgan fingerprint density at radius 1 is 1.21 bits per heavy atom. The van der Waals surface area contributed by atoms with Crippen LogP contribution in [0, 0.1) is 0 Å². The molecule has 1 aliphatic carbocycles. The van der Waals surface area contributed by atoms with Crippen LogP contribution in [-0.2, 0) is 4.74 Å². The molecule has 12 heteroatoms. The van der Waals surface area contributed by atoms with Crippen molar-refractivity contribution in [1.29, 1.82) is 0 Å². The van der Waals surface area contributed by atoms with E-state index in [4.69, 9.17) is 32.1 Å². The number of hydrogen-bond donors (Lipinski definition) is 7. The Bertz CT molecular complexity index is 805. The molecule has 1 saturated carbocycles. The molecule has 1 aromatic carbocycles. The average Bonchev–Trinajstić information content (AvgIpc) is 3.37. The first kappa shape index (κ1) is 40.2. The molecule has 1 fully saturated rings. The quantitative estimate of drug-likeness (QED) is 0.0577. The number of amidine groups is 1. The first-order chi connectivity index (χ1) is 17.0. The van der Waals surface area contributed by atoms with E-state index in [-0.39, 0.29) is 26.0 Å². The van der Waals surface area contributed by atoms with Gasteiger partial charge in [0, 0.05) is 53.6 Å². The average molecular weight is 564 g/mol. The Morgan fingerprint density at radius 2 is 1.84 bits per heavy atom. The van der Waals surface area contributed by atoms with Gasteiger partial charge in [-0.3, -0.25) is 10.7 Å². The van der Waals surface area contributed by atoms with Crippen molar-refractivity contribution in [2.75, 3.05) is 51.9 Å². The monoisotopic (exact) mass is 563 g/mol. The van der Waals surface area contributed by atoms with Crippen molar-refractivity contribution in [1.82, 2.24) is 16.1 Å². The van der Waals surface area contributed by atoms with E-state index in [0.717, 1.165) is 62.5 Å². The highest BCUT2D eigenvalue weighted by molar-refractivity contribution is 8.00. The third kappa shape index (κ3) is 14.6. The lowest BCUT2D eigenvalue weighted by Gasteiger charge is -2.28. The van der Waals surface area contributed by atoms with E-state index in [0.29, 0.717) is 18.1 Å². The third-order valence-electron chi connectivity index (χ3n) is 5.61. The second-order valence-electron chi connectivity index (χ2n) is 8.20. The van der Waals surface area contributed by atoms with Crippen LogP contribution < -0.4 is 33.3 Å². The zero-order valence-corrected chi connectivity index (χ0v) is 23.3. The van der Waals surface area contributed by atoms with E-state index in [1.54, 1.807) is 13.2 Å². The van der Waals surface area contributed by atoms with Crippen molar-refractivity contribution in [3.8, 4) is 0 Å². The molecule has 1 aliphatic rings. The number of nitrogens with two attached hydrogens (primary N) is 3. The molecule has 14 N–H and O–H groups in total. The van der Waals surface area contributed by atoms with Crippen molar-refractivity contribution in [2.45, 2.75) is 51.2 Å². The number of nitrogens with zero attached hydrogens (tertiary/aromatic N) is 1. The first-order valence-corrected chi connectivity index (χ1v) is 13.4. The van der Waals surface area contributed by atoms with Crippen molar-refractivity contribution in [3.63, 3.8) is 0 Å². The van der Waals surface area contributed by atoms with Crippen LogP contribution in [0.15, 0.2) is 52.9 Å². The summed E-state index contributed by atoms with van der Waals surface area (Å²) in [5, 5.41) is 14.3. The summed E-state index contributed by atoms with van der Waals surface area (Å²) in [6.07, 6.45) is 11.8. The molecule has 226 valence electrons. The SMILES string of the molecule is C.CCCOCCNC/C=C(\N=C(N)c1ccc(N)cc1)C1(SC)CCCC1.CN/C=C(\CN)NO.O.O.[HH].[HH]. The van der Waals surface area contributed by atoms with E-state index >= 15 is 0 Å². The van der Waals surface area contributed by atoms with Gasteiger partial charge in [-0.15, -0.1) is 0 Å². The Morgan fingerprint density at radius 3 is 2.32 bits per heavy atom. The number of anilines is 1. The number of aliphatic imine (C=N–C) groups is 1. The number of thioether (sulfide) groups is 1. The Labute approximate surface area is 236 Å². The summed E-state index contributed by atoms with van der Waals surface area (Å²) in [6, 6.07) is 7.57. The lowest BCUT2D eigenvalue weighted by Crippen LogP contribution is -2.27. The lowest BCUT2D eigenvalue weighted by atomic mass is 10.0. The summed E-state index contributed by atoms with van der Waals surface area (Å²) in [7, 11) is 1.73. The van der Waals surface area contributed by atoms with Gasteiger partial charge in [0.25, 0.3) is 0 Å². The predicted molar refractivity (Wildman–Crippen MR) is 168 cm³/mol. The molecule has 0 radical (unpaired) electrons. The number of hydrogen-bond acceptors (Lipinski definition) is 9. The number of hydroxylamine groups is 1. The zero-order valence-electron chi connectivity index (χ0n) is 22.5. The normalized spacial score (nSPS) is 14.7. The number of nitrogens with one attached hydrogen (secondary N) is 3. The zero-order chi connectivity index (χ0) is 25.9. The first-order valence-electron chi connectivity index (χ1n) is 12.2. The molecule has 0 aromatic heterocycles. The molecule has 0 amide bonds. The molecular formula is C26H57N7O4S. The highest BCUT2D eigenvalue weighted by atomic mass is 32.2. The number of nitrogen functional groups attached to an aromatic ring is 1. The van der Waals surface area contributed by atoms with Crippen molar-refractivity contribution >= 4 is 23.3 Å². The Kier molecular flexibility index (Phi) is 25.1. The molecule has 0 heterocycles. The fourth-order valence-corrected chi connectivity index (χ4v) is 4.70. The number of rotatable bonds is 14. The highest BCUT2D eigenvalue weighted by Crippen LogP contribution is 2.46. The second-order valence-corrected chi connectivity index (χ2v) is 9.39. The maximum Gasteiger partial charge on any atom is 0.130 e. The van der Waals surface area contributed by atoms with E-state index in [9.17, 15) is 0 Å². The molecule has 38 heavy (non-hydrogen) atoms. The molecule has 0 bridgehead atoms. The summed E-state index contributed by atoms with van der Waals surface area (Å²) in [4.78, 5) is 4.87. The third-order valence-corrected chi connectivity index (χ3v) is 7.01. The van der Waals surface area contributed by atoms with Gasteiger partial charge in [0.05, 0.1) is 22.7 Å². The lowest BCUT2D eigenvalue weighted by molar-refractivity contribution is 0.137. The molecular weight excluding hydrogens is 506 g/mol. The fourth-order valence-electron chi connectivity index (χ4n) is 3.67. The minimum atomic E-state index is 0. The topological polar surface area (TPSA) is 219 Å². The molecule has 0 atom stereocenters. The fraction of sp³-hybridized carbons (Fsp3) is 0.577. The molecule has 0 unspecified atom stereocenters. The Balaban J connectivity index is -0.000000277. The summed E-state index contributed by atoms with van der Waals surface area (Å²) in [6.45, 7) is 5.59. The standard InChI is InChI=1S/C21H34N4OS.C4H11N3O.CH4.2H2O.2H2/c1-3-15-26-16-14-24-13-10-19(21(27-2)11-4-5-12-21)25-20(23)17-6-8-18(22)9-7-17;1-6-3-4(2-5)7-8;;;;;/h6-10,24H,3-5,11-16,22H2,1-2H3,(H2,23,25);3,6-8H,2,5H2,1H3;1H4;2*1H2;2*1H/b19-10-;4-3+;;;;;. The smallest absolute Gasteiger partial charge is 0.130 e. The largest absolute Gasteiger partial charge is 0.412 e. The molecule has 0 aliphatic heterocycles. The van der Waals surface area contributed by atoms with Crippen molar-refractivity contribution in [3.05, 3.63) is 53.5 Å². The van der Waals surface area contributed by atoms with Gasteiger partial charge >= 0.3 is 0 Å². The maximum absolute atomic E-state index is 8.22. The summed E-state index contributed by atoms with van der Waals surface area (Å²) < 4.78 is 5.59. The van der Waals surface area contributed by atoms with Crippen LogP contribution in [0.1, 0.15) is 54.9 Å². The highest BCUT2D eigenvalue weighted by Gasteiger charge is 2.37. The molecule has 0 spiro atoms. The molecule has 2 rings (SSSR count). The number of ether oxygens (including phenoxy) is 1. The molecule has 11 nitrogen and oxygen atoms in total. The Hall–Kier alpha value is -2.32. The summed E-state index contributed by atoms with van der Waals surface area (Å²) in [5.74, 6) is 0.549. The van der Waals surface area contributed by atoms with Crippen LogP contribution in [0.2, 0.25) is 0 Å². The van der Waals surface area contributed by atoms with Gasteiger partial charge in [0.2, 0.25) is 0 Å². The van der Waals surface area contributed by atoms with E-state index in [1.165, 1.54) is 12.8 Å². The van der Waals surface area contributed by atoms with Gasteiger partial charge in [0.15, 0.2) is 0 Å². The number of benzene rings is 1. The summed E-state index contributed by atoms with van der Waals surface area (Å²) in [5.41, 5.74) is 22.5. The van der Waals surface area contributed by atoms with Gasteiger partial charge in [-0.25, -0.2) is 4.99 Å². The van der Waals surface area contributed by atoms with Crippen LogP contribution in [-0.4, -0.2) is 72.9 Å². The van der Waals surface area contributed by atoms with Gasteiger partial charge in [0.1, 0.15) is 5.84 Å². The second kappa shape index (κ2) is 23.8. The molecule has 1 aromatic rings. The van der Waals surface area contributed by atoms with Crippen LogP contribution in [0.4, 0.5) is 5.69 Å². The minimum absolute atomic E-state index is 0. The predicted octanol–water partition coefficient (Wildman–Crippen LogP) is 2.01. The van der Waals surface area contributed by atoms with Gasteiger partial charge in [-0.2, -0.15) is 11.8 Å². The van der Waals surface area contributed by atoms with Gasteiger partial charge < -0.3 is 43.5 Å². The van der Waals surface area contributed by atoms with E-state index < -0.39 is 0 Å². The summed E-state index contributed by atoms with van der Waals surface area (Å²) >= 11 is 1.90.